The normalized spacial score (nSPS) is 34.9. The minimum absolute atomic E-state index is 0.185. The number of carbonyl (C=O) groups is 1. The molecule has 0 aromatic heterocycles. The van der Waals surface area contributed by atoms with Crippen molar-refractivity contribution in [3.63, 3.8) is 0 Å². The molecule has 2 rings (SSSR count). The summed E-state index contributed by atoms with van der Waals surface area (Å²) in [6, 6.07) is 0.681. The van der Waals surface area contributed by atoms with Gasteiger partial charge in [-0.15, -0.1) is 0 Å². The van der Waals surface area contributed by atoms with E-state index in [1.807, 2.05) is 6.92 Å². The molecule has 1 N–H and O–H groups in total. The number of aliphatic carboxylic acids is 1. The molecule has 0 amide bonds. The molecule has 3 nitrogen and oxygen atoms in total. The third-order valence-corrected chi connectivity index (χ3v) is 4.91. The van der Waals surface area contributed by atoms with Crippen molar-refractivity contribution < 1.29 is 9.90 Å². The van der Waals surface area contributed by atoms with E-state index in [1.54, 1.807) is 0 Å². The molecule has 0 bridgehead atoms. The summed E-state index contributed by atoms with van der Waals surface area (Å²) in [6.07, 6.45) is 3.88. The highest BCUT2D eigenvalue weighted by atomic mass is 16.4. The predicted molar refractivity (Wildman–Crippen MR) is 72.4 cm³/mol. The molecule has 0 aromatic rings. The summed E-state index contributed by atoms with van der Waals surface area (Å²) < 4.78 is 0. The molecule has 2 fully saturated rings. The van der Waals surface area contributed by atoms with E-state index in [0.717, 1.165) is 19.0 Å². The molecular formula is C15H27NO2. The summed E-state index contributed by atoms with van der Waals surface area (Å²) in [6.45, 7) is 10.9. The van der Waals surface area contributed by atoms with Crippen molar-refractivity contribution in [1.82, 2.24) is 4.90 Å². The molecule has 0 radical (unpaired) electrons. The Bertz CT molecular complexity index is 320. The van der Waals surface area contributed by atoms with E-state index < -0.39 is 5.97 Å². The average molecular weight is 253 g/mol. The van der Waals surface area contributed by atoms with Gasteiger partial charge in [0.1, 0.15) is 0 Å². The van der Waals surface area contributed by atoms with Gasteiger partial charge in [0.2, 0.25) is 0 Å². The van der Waals surface area contributed by atoms with Crippen molar-refractivity contribution in [1.29, 1.82) is 0 Å². The summed E-state index contributed by atoms with van der Waals surface area (Å²) in [4.78, 5) is 13.5. The summed E-state index contributed by atoms with van der Waals surface area (Å²) in [5.41, 5.74) is 0.450. The molecule has 3 unspecified atom stereocenters. The number of carboxylic acid groups (broad SMARTS) is 1. The number of likely N-dealkylation sites (tertiary alicyclic amines) is 1. The fourth-order valence-corrected chi connectivity index (χ4v) is 3.94. The number of nitrogens with zero attached hydrogens (tertiary/aromatic N) is 1. The van der Waals surface area contributed by atoms with E-state index in [2.05, 4.69) is 25.7 Å². The average Bonchev–Trinajstić information content (AvgIpc) is 2.11. The fraction of sp³-hybridized carbons (Fsp3) is 0.933. The second kappa shape index (κ2) is 4.84. The lowest BCUT2D eigenvalue weighted by Gasteiger charge is -2.51. The van der Waals surface area contributed by atoms with E-state index in [9.17, 15) is 4.79 Å². The van der Waals surface area contributed by atoms with E-state index in [4.69, 9.17) is 5.11 Å². The molecule has 0 spiro atoms. The van der Waals surface area contributed by atoms with Crippen LogP contribution in [0.5, 0.6) is 0 Å². The Balaban J connectivity index is 1.86. The van der Waals surface area contributed by atoms with Gasteiger partial charge in [-0.2, -0.15) is 0 Å². The molecule has 1 saturated carbocycles. The second-order valence-corrected chi connectivity index (χ2v) is 7.41. The zero-order valence-electron chi connectivity index (χ0n) is 12.1. The van der Waals surface area contributed by atoms with Crippen LogP contribution in [0.1, 0.15) is 47.0 Å². The Morgan fingerprint density at radius 3 is 2.44 bits per heavy atom. The topological polar surface area (TPSA) is 40.5 Å². The quantitative estimate of drug-likeness (QED) is 0.841. The lowest BCUT2D eigenvalue weighted by atomic mass is 9.69. The van der Waals surface area contributed by atoms with Crippen molar-refractivity contribution in [2.24, 2.45) is 23.2 Å². The summed E-state index contributed by atoms with van der Waals surface area (Å²) >= 11 is 0. The van der Waals surface area contributed by atoms with Crippen LogP contribution in [0.25, 0.3) is 0 Å². The van der Waals surface area contributed by atoms with E-state index in [-0.39, 0.29) is 5.92 Å². The van der Waals surface area contributed by atoms with Gasteiger partial charge in [0.25, 0.3) is 0 Å². The lowest BCUT2D eigenvalue weighted by Crippen LogP contribution is -2.57. The van der Waals surface area contributed by atoms with Crippen LogP contribution in [0.2, 0.25) is 0 Å². The predicted octanol–water partition coefficient (Wildman–Crippen LogP) is 2.85. The maximum Gasteiger partial charge on any atom is 0.306 e. The highest BCUT2D eigenvalue weighted by Gasteiger charge is 2.42. The Labute approximate surface area is 111 Å². The van der Waals surface area contributed by atoms with Crippen LogP contribution >= 0.6 is 0 Å². The standard InChI is InChI=1S/C15H27NO2/c1-10-5-13(7-15(3,4)6-10)16-8-12(9-16)11(2)14(17)18/h10-13H,5-9H2,1-4H3,(H,17,18). The Kier molecular flexibility index (Phi) is 3.72. The first-order chi connectivity index (χ1) is 8.28. The van der Waals surface area contributed by atoms with Gasteiger partial charge in [-0.3, -0.25) is 9.69 Å². The second-order valence-electron chi connectivity index (χ2n) is 7.41. The first-order valence-electron chi connectivity index (χ1n) is 7.25. The third kappa shape index (κ3) is 2.87. The van der Waals surface area contributed by atoms with Crippen molar-refractivity contribution in [2.45, 2.75) is 53.0 Å². The van der Waals surface area contributed by atoms with E-state index in [1.165, 1.54) is 19.3 Å². The third-order valence-electron chi connectivity index (χ3n) is 4.91. The minimum Gasteiger partial charge on any atom is -0.481 e. The van der Waals surface area contributed by atoms with Gasteiger partial charge in [-0.05, 0) is 36.5 Å². The van der Waals surface area contributed by atoms with Gasteiger partial charge in [0.05, 0.1) is 5.92 Å². The van der Waals surface area contributed by atoms with Crippen LogP contribution in [-0.2, 0) is 4.79 Å². The zero-order chi connectivity index (χ0) is 13.5. The van der Waals surface area contributed by atoms with Gasteiger partial charge in [0.15, 0.2) is 0 Å². The summed E-state index contributed by atoms with van der Waals surface area (Å²) in [5.74, 6) is 0.338. The molecule has 3 atom stereocenters. The van der Waals surface area contributed by atoms with E-state index in [0.29, 0.717) is 17.4 Å². The Morgan fingerprint density at radius 2 is 1.94 bits per heavy atom. The van der Waals surface area contributed by atoms with Crippen molar-refractivity contribution >= 4 is 5.97 Å². The van der Waals surface area contributed by atoms with Crippen molar-refractivity contribution in [2.75, 3.05) is 13.1 Å². The minimum atomic E-state index is -0.642. The van der Waals surface area contributed by atoms with Crippen LogP contribution in [0.4, 0.5) is 0 Å². The molecule has 1 aliphatic heterocycles. The monoisotopic (exact) mass is 253 g/mol. The van der Waals surface area contributed by atoms with Gasteiger partial charge < -0.3 is 5.11 Å². The number of carboxylic acids is 1. The number of hydrogen-bond donors (Lipinski definition) is 1. The smallest absolute Gasteiger partial charge is 0.306 e. The highest BCUT2D eigenvalue weighted by molar-refractivity contribution is 5.70. The highest BCUT2D eigenvalue weighted by Crippen LogP contribution is 2.42. The Hall–Kier alpha value is -0.570. The van der Waals surface area contributed by atoms with Crippen molar-refractivity contribution in [3.8, 4) is 0 Å². The first-order valence-corrected chi connectivity index (χ1v) is 7.25. The van der Waals surface area contributed by atoms with Gasteiger partial charge in [0, 0.05) is 19.1 Å². The molecule has 3 heteroatoms. The molecule has 18 heavy (non-hydrogen) atoms. The molecule has 1 heterocycles. The molecule has 2 aliphatic rings. The number of rotatable bonds is 3. The van der Waals surface area contributed by atoms with Crippen molar-refractivity contribution in [3.05, 3.63) is 0 Å². The summed E-state index contributed by atoms with van der Waals surface area (Å²) in [7, 11) is 0. The van der Waals surface area contributed by atoms with Crippen LogP contribution in [0, 0.1) is 23.2 Å². The van der Waals surface area contributed by atoms with Gasteiger partial charge in [-0.1, -0.05) is 27.7 Å². The van der Waals surface area contributed by atoms with Crippen LogP contribution in [-0.4, -0.2) is 35.1 Å². The Morgan fingerprint density at radius 1 is 1.33 bits per heavy atom. The molecule has 104 valence electrons. The fourth-order valence-electron chi connectivity index (χ4n) is 3.94. The molecule has 1 saturated heterocycles. The van der Waals surface area contributed by atoms with E-state index >= 15 is 0 Å². The van der Waals surface area contributed by atoms with Crippen LogP contribution in [0.15, 0.2) is 0 Å². The molecular weight excluding hydrogens is 226 g/mol. The SMILES string of the molecule is CC1CC(N2CC(C(C)C(=O)O)C2)CC(C)(C)C1. The van der Waals surface area contributed by atoms with Crippen LogP contribution < -0.4 is 0 Å². The lowest BCUT2D eigenvalue weighted by molar-refractivity contribution is -0.146. The maximum absolute atomic E-state index is 11.0. The molecule has 0 aromatic carbocycles. The maximum atomic E-state index is 11.0. The van der Waals surface area contributed by atoms with Gasteiger partial charge >= 0.3 is 5.97 Å². The van der Waals surface area contributed by atoms with Crippen LogP contribution in [0.3, 0.4) is 0 Å². The first kappa shape index (κ1) is 13.9. The summed E-state index contributed by atoms with van der Waals surface area (Å²) in [5, 5.41) is 9.02. The van der Waals surface area contributed by atoms with Gasteiger partial charge in [-0.25, -0.2) is 0 Å². The largest absolute Gasteiger partial charge is 0.481 e. The zero-order valence-corrected chi connectivity index (χ0v) is 12.1. The number of hydrogen-bond acceptors (Lipinski definition) is 2. The molecule has 1 aliphatic carbocycles.